The molecule has 9 heteroatoms. The van der Waals surface area contributed by atoms with Gasteiger partial charge >= 0.3 is 0 Å². The molecule has 2 aromatic rings. The van der Waals surface area contributed by atoms with Gasteiger partial charge in [0.2, 0.25) is 10.9 Å². The second-order valence-electron chi connectivity index (χ2n) is 5.03. The number of hydrogen-bond donors (Lipinski definition) is 2. The van der Waals surface area contributed by atoms with Crippen LogP contribution in [0.1, 0.15) is 28.2 Å². The van der Waals surface area contributed by atoms with Crippen molar-refractivity contribution in [1.29, 1.82) is 0 Å². The molecule has 1 aromatic carbocycles. The number of anilines is 1. The van der Waals surface area contributed by atoms with Crippen molar-refractivity contribution in [2.75, 3.05) is 25.6 Å². The fourth-order valence-corrected chi connectivity index (χ4v) is 2.48. The van der Waals surface area contributed by atoms with E-state index in [1.807, 2.05) is 6.92 Å². The van der Waals surface area contributed by atoms with Crippen molar-refractivity contribution in [3.63, 3.8) is 0 Å². The molecular weight excluding hydrogens is 344 g/mol. The molecule has 25 heavy (non-hydrogen) atoms. The van der Waals surface area contributed by atoms with Gasteiger partial charge in [0.05, 0.1) is 7.11 Å². The SMILES string of the molecule is CCCNC(=O)COCc1nnc(C(=O)Nc2ccc(OC)cc2)s1. The number of methoxy groups -OCH3 is 1. The number of amides is 2. The molecule has 134 valence electrons. The lowest BCUT2D eigenvalue weighted by molar-refractivity contribution is -0.126. The molecule has 0 atom stereocenters. The first-order valence-electron chi connectivity index (χ1n) is 7.74. The highest BCUT2D eigenvalue weighted by molar-refractivity contribution is 7.13. The zero-order chi connectivity index (χ0) is 18.1. The van der Waals surface area contributed by atoms with Gasteiger partial charge in [0.1, 0.15) is 24.0 Å². The van der Waals surface area contributed by atoms with E-state index >= 15 is 0 Å². The second-order valence-corrected chi connectivity index (χ2v) is 6.09. The Balaban J connectivity index is 1.81. The minimum absolute atomic E-state index is 0.0487. The van der Waals surface area contributed by atoms with E-state index in [0.29, 0.717) is 23.0 Å². The zero-order valence-electron chi connectivity index (χ0n) is 14.1. The van der Waals surface area contributed by atoms with Crippen LogP contribution in [0.3, 0.4) is 0 Å². The van der Waals surface area contributed by atoms with Gasteiger partial charge in [-0.05, 0) is 30.7 Å². The van der Waals surface area contributed by atoms with Gasteiger partial charge in [0, 0.05) is 12.2 Å². The van der Waals surface area contributed by atoms with E-state index in [4.69, 9.17) is 9.47 Å². The molecule has 0 saturated heterocycles. The summed E-state index contributed by atoms with van der Waals surface area (Å²) in [4.78, 5) is 23.6. The Morgan fingerprint density at radius 1 is 1.20 bits per heavy atom. The van der Waals surface area contributed by atoms with Crippen LogP contribution in [0.15, 0.2) is 24.3 Å². The van der Waals surface area contributed by atoms with Crippen molar-refractivity contribution in [1.82, 2.24) is 15.5 Å². The summed E-state index contributed by atoms with van der Waals surface area (Å²) in [6.45, 7) is 2.68. The Labute approximate surface area is 149 Å². The summed E-state index contributed by atoms with van der Waals surface area (Å²) in [6.07, 6.45) is 0.870. The Kier molecular flexibility index (Phi) is 7.30. The average molecular weight is 364 g/mol. The summed E-state index contributed by atoms with van der Waals surface area (Å²) < 4.78 is 10.3. The molecule has 2 N–H and O–H groups in total. The highest BCUT2D eigenvalue weighted by atomic mass is 32.1. The normalized spacial score (nSPS) is 10.3. The third kappa shape index (κ3) is 6.12. The maximum absolute atomic E-state index is 12.1. The minimum Gasteiger partial charge on any atom is -0.497 e. The van der Waals surface area contributed by atoms with Crippen LogP contribution in [-0.2, 0) is 16.1 Å². The number of aromatic nitrogens is 2. The van der Waals surface area contributed by atoms with Gasteiger partial charge in [-0.2, -0.15) is 0 Å². The van der Waals surface area contributed by atoms with Crippen molar-refractivity contribution < 1.29 is 19.1 Å². The van der Waals surface area contributed by atoms with Crippen LogP contribution in [0.25, 0.3) is 0 Å². The average Bonchev–Trinajstić information content (AvgIpc) is 3.09. The van der Waals surface area contributed by atoms with E-state index in [2.05, 4.69) is 20.8 Å². The Hall–Kier alpha value is -2.52. The Morgan fingerprint density at radius 2 is 1.96 bits per heavy atom. The summed E-state index contributed by atoms with van der Waals surface area (Å²) >= 11 is 1.12. The van der Waals surface area contributed by atoms with Crippen molar-refractivity contribution in [2.45, 2.75) is 20.0 Å². The molecule has 8 nitrogen and oxygen atoms in total. The molecule has 0 fully saturated rings. The third-order valence-electron chi connectivity index (χ3n) is 3.04. The number of rotatable bonds is 9. The monoisotopic (exact) mass is 364 g/mol. The lowest BCUT2D eigenvalue weighted by Gasteiger charge is -2.04. The summed E-state index contributed by atoms with van der Waals surface area (Å²) in [5, 5.41) is 13.9. The third-order valence-corrected chi connectivity index (χ3v) is 3.94. The summed E-state index contributed by atoms with van der Waals surface area (Å²) in [5.41, 5.74) is 0.631. The van der Waals surface area contributed by atoms with Gasteiger partial charge in [-0.1, -0.05) is 18.3 Å². The van der Waals surface area contributed by atoms with Crippen molar-refractivity contribution in [3.8, 4) is 5.75 Å². The first kappa shape index (κ1) is 18.8. The van der Waals surface area contributed by atoms with Crippen LogP contribution in [0.4, 0.5) is 5.69 Å². The molecule has 2 amide bonds. The molecule has 0 spiro atoms. The predicted molar refractivity (Wildman–Crippen MR) is 93.8 cm³/mol. The molecule has 0 unspecified atom stereocenters. The summed E-state index contributed by atoms with van der Waals surface area (Å²) in [6, 6.07) is 6.96. The van der Waals surface area contributed by atoms with Gasteiger partial charge in [0.15, 0.2) is 0 Å². The number of nitrogens with zero attached hydrogens (tertiary/aromatic N) is 2. The highest BCUT2D eigenvalue weighted by Crippen LogP contribution is 2.17. The molecular formula is C16H20N4O4S. The van der Waals surface area contributed by atoms with Gasteiger partial charge < -0.3 is 20.1 Å². The van der Waals surface area contributed by atoms with Crippen molar-refractivity contribution in [2.24, 2.45) is 0 Å². The first-order valence-corrected chi connectivity index (χ1v) is 8.56. The van der Waals surface area contributed by atoms with Gasteiger partial charge in [-0.15, -0.1) is 10.2 Å². The van der Waals surface area contributed by atoms with Gasteiger partial charge in [-0.3, -0.25) is 9.59 Å². The van der Waals surface area contributed by atoms with Gasteiger partial charge in [0.25, 0.3) is 5.91 Å². The van der Waals surface area contributed by atoms with E-state index in [1.165, 1.54) is 0 Å². The molecule has 2 rings (SSSR count). The Morgan fingerprint density at radius 3 is 2.64 bits per heavy atom. The molecule has 0 aliphatic heterocycles. The first-order chi connectivity index (χ1) is 12.1. The van der Waals surface area contributed by atoms with Crippen LogP contribution in [-0.4, -0.2) is 42.3 Å². The fourth-order valence-electron chi connectivity index (χ4n) is 1.81. The zero-order valence-corrected chi connectivity index (χ0v) is 14.9. The van der Waals surface area contributed by atoms with Crippen LogP contribution in [0.5, 0.6) is 5.75 Å². The minimum atomic E-state index is -0.352. The number of ether oxygens (including phenoxy) is 2. The maximum atomic E-state index is 12.1. The lowest BCUT2D eigenvalue weighted by Crippen LogP contribution is -2.28. The van der Waals surface area contributed by atoms with Crippen LogP contribution in [0, 0.1) is 0 Å². The topological polar surface area (TPSA) is 102 Å². The number of carbonyl (C=O) groups excluding carboxylic acids is 2. The summed E-state index contributed by atoms with van der Waals surface area (Å²) in [5.74, 6) is 0.176. The molecule has 0 radical (unpaired) electrons. The second kappa shape index (κ2) is 9.70. The van der Waals surface area contributed by atoms with E-state index in [0.717, 1.165) is 17.8 Å². The summed E-state index contributed by atoms with van der Waals surface area (Å²) in [7, 11) is 1.58. The largest absolute Gasteiger partial charge is 0.497 e. The van der Waals surface area contributed by atoms with Crippen molar-refractivity contribution in [3.05, 3.63) is 34.3 Å². The molecule has 0 bridgehead atoms. The van der Waals surface area contributed by atoms with E-state index in [1.54, 1.807) is 31.4 Å². The Bertz CT molecular complexity index is 702. The van der Waals surface area contributed by atoms with Crippen molar-refractivity contribution >= 4 is 28.8 Å². The number of carbonyl (C=O) groups is 2. The number of hydrogen-bond acceptors (Lipinski definition) is 7. The molecule has 1 heterocycles. The van der Waals surface area contributed by atoms with E-state index in [-0.39, 0.29) is 30.0 Å². The number of nitrogens with one attached hydrogen (secondary N) is 2. The van der Waals surface area contributed by atoms with Crippen LogP contribution in [0.2, 0.25) is 0 Å². The smallest absolute Gasteiger partial charge is 0.286 e. The number of benzene rings is 1. The van der Waals surface area contributed by atoms with E-state index < -0.39 is 0 Å². The highest BCUT2D eigenvalue weighted by Gasteiger charge is 2.13. The molecule has 0 saturated carbocycles. The van der Waals surface area contributed by atoms with E-state index in [9.17, 15) is 9.59 Å². The van der Waals surface area contributed by atoms with Crippen LogP contribution < -0.4 is 15.4 Å². The molecule has 1 aromatic heterocycles. The fraction of sp³-hybridized carbons (Fsp3) is 0.375. The van der Waals surface area contributed by atoms with Crippen LogP contribution >= 0.6 is 11.3 Å². The van der Waals surface area contributed by atoms with Gasteiger partial charge in [-0.25, -0.2) is 0 Å². The lowest BCUT2D eigenvalue weighted by atomic mass is 10.3. The maximum Gasteiger partial charge on any atom is 0.286 e. The molecule has 0 aliphatic carbocycles. The molecule has 0 aliphatic rings. The standard InChI is InChI=1S/C16H20N4O4S/c1-3-8-17-13(21)9-24-10-14-19-20-16(25-14)15(22)18-11-4-6-12(23-2)7-5-11/h4-7H,3,8-10H2,1-2H3,(H,17,21)(H,18,22). The predicted octanol–water partition coefficient (Wildman–Crippen LogP) is 1.84. The quantitative estimate of drug-likeness (QED) is 0.704.